The number of amides is 1. The van der Waals surface area contributed by atoms with Crippen molar-refractivity contribution in [3.63, 3.8) is 0 Å². The van der Waals surface area contributed by atoms with Gasteiger partial charge in [0.05, 0.1) is 0 Å². The molecular weight excluding hydrogens is 266 g/mol. The van der Waals surface area contributed by atoms with Gasteiger partial charge in [-0.15, -0.1) is 0 Å². The van der Waals surface area contributed by atoms with Gasteiger partial charge in [-0.1, -0.05) is 55.5 Å². The molecule has 1 atom stereocenters. The molecule has 1 amide bonds. The highest BCUT2D eigenvalue weighted by molar-refractivity contribution is 6.39. The predicted molar refractivity (Wildman–Crippen MR) is 80.7 cm³/mol. The third-order valence-corrected chi connectivity index (χ3v) is 3.17. The standard InChI is InChI=1S/C17H15NO3/c1-12(13-8-4-2-5-9-13)15(17(20)21)18-16(19)14-10-6-3-7-11-14/h2-12H,1H3,(H,20,21). The molecule has 2 aromatic carbocycles. The van der Waals surface area contributed by atoms with E-state index in [9.17, 15) is 14.7 Å². The van der Waals surface area contributed by atoms with Gasteiger partial charge in [-0.05, 0) is 17.7 Å². The molecule has 0 saturated heterocycles. The monoisotopic (exact) mass is 281 g/mol. The molecule has 2 rings (SSSR count). The molecule has 0 spiro atoms. The zero-order chi connectivity index (χ0) is 15.2. The van der Waals surface area contributed by atoms with Gasteiger partial charge in [0.25, 0.3) is 5.91 Å². The Kier molecular flexibility index (Phi) is 4.61. The Labute approximate surface area is 122 Å². The fourth-order valence-corrected chi connectivity index (χ4v) is 1.98. The Morgan fingerprint density at radius 3 is 2.00 bits per heavy atom. The molecule has 1 N–H and O–H groups in total. The van der Waals surface area contributed by atoms with Gasteiger partial charge in [0.1, 0.15) is 5.71 Å². The molecule has 0 saturated carbocycles. The summed E-state index contributed by atoms with van der Waals surface area (Å²) in [4.78, 5) is 27.2. The lowest BCUT2D eigenvalue weighted by Crippen LogP contribution is -2.21. The lowest BCUT2D eigenvalue weighted by molar-refractivity contribution is -0.129. The van der Waals surface area contributed by atoms with Gasteiger partial charge in [0, 0.05) is 11.5 Å². The number of carboxylic acid groups (broad SMARTS) is 1. The van der Waals surface area contributed by atoms with Crippen molar-refractivity contribution in [2.45, 2.75) is 12.8 Å². The molecule has 4 heteroatoms. The first-order valence-electron chi connectivity index (χ1n) is 6.56. The zero-order valence-corrected chi connectivity index (χ0v) is 11.6. The minimum absolute atomic E-state index is 0.157. The molecule has 21 heavy (non-hydrogen) atoms. The van der Waals surface area contributed by atoms with Crippen LogP contribution in [0.1, 0.15) is 28.8 Å². The maximum atomic E-state index is 12.0. The number of aliphatic imine (C=N–C) groups is 1. The van der Waals surface area contributed by atoms with E-state index in [4.69, 9.17) is 0 Å². The van der Waals surface area contributed by atoms with Crippen molar-refractivity contribution in [2.24, 2.45) is 4.99 Å². The number of carbonyl (C=O) groups is 2. The molecular formula is C17H15NO3. The molecule has 1 unspecified atom stereocenters. The zero-order valence-electron chi connectivity index (χ0n) is 11.6. The molecule has 0 heterocycles. The first-order chi connectivity index (χ1) is 10.1. The van der Waals surface area contributed by atoms with Crippen LogP contribution in [-0.4, -0.2) is 22.7 Å². The lowest BCUT2D eigenvalue weighted by Gasteiger charge is -2.11. The van der Waals surface area contributed by atoms with Crippen LogP contribution in [0.3, 0.4) is 0 Å². The number of benzene rings is 2. The van der Waals surface area contributed by atoms with E-state index >= 15 is 0 Å². The number of rotatable bonds is 4. The molecule has 0 aromatic heterocycles. The van der Waals surface area contributed by atoms with Crippen LogP contribution < -0.4 is 0 Å². The van der Waals surface area contributed by atoms with E-state index in [1.807, 2.05) is 30.3 Å². The quantitative estimate of drug-likeness (QED) is 0.875. The largest absolute Gasteiger partial charge is 0.477 e. The maximum absolute atomic E-state index is 12.0. The lowest BCUT2D eigenvalue weighted by atomic mass is 9.96. The average Bonchev–Trinajstić information content (AvgIpc) is 2.53. The van der Waals surface area contributed by atoms with Crippen LogP contribution in [0, 0.1) is 0 Å². The van der Waals surface area contributed by atoms with Crippen molar-refractivity contribution in [3.8, 4) is 0 Å². The normalized spacial score (nSPS) is 12.7. The van der Waals surface area contributed by atoms with Crippen molar-refractivity contribution < 1.29 is 14.7 Å². The van der Waals surface area contributed by atoms with Crippen LogP contribution in [0.2, 0.25) is 0 Å². The molecule has 106 valence electrons. The minimum atomic E-state index is -1.18. The second-order valence-corrected chi connectivity index (χ2v) is 4.61. The second kappa shape index (κ2) is 6.61. The van der Waals surface area contributed by atoms with E-state index in [2.05, 4.69) is 4.99 Å². The van der Waals surface area contributed by atoms with Crippen molar-refractivity contribution in [3.05, 3.63) is 71.8 Å². The number of carboxylic acids is 1. The van der Waals surface area contributed by atoms with Gasteiger partial charge in [-0.2, -0.15) is 0 Å². The van der Waals surface area contributed by atoms with Gasteiger partial charge in [-0.3, -0.25) is 4.79 Å². The van der Waals surface area contributed by atoms with E-state index in [1.54, 1.807) is 37.3 Å². The summed E-state index contributed by atoms with van der Waals surface area (Å²) in [7, 11) is 0. The Balaban J connectivity index is 2.33. The Bertz CT molecular complexity index is 663. The van der Waals surface area contributed by atoms with Crippen molar-refractivity contribution >= 4 is 17.6 Å². The fraction of sp³-hybridized carbons (Fsp3) is 0.118. The summed E-state index contributed by atoms with van der Waals surface area (Å²) < 4.78 is 0. The van der Waals surface area contributed by atoms with Crippen LogP contribution in [0.15, 0.2) is 65.7 Å². The third-order valence-electron chi connectivity index (χ3n) is 3.17. The smallest absolute Gasteiger partial charge is 0.351 e. The van der Waals surface area contributed by atoms with Crippen LogP contribution in [0.4, 0.5) is 0 Å². The van der Waals surface area contributed by atoms with Gasteiger partial charge >= 0.3 is 5.97 Å². The SMILES string of the molecule is CC(C(=NC(=O)c1ccccc1)C(=O)O)c1ccccc1. The van der Waals surface area contributed by atoms with E-state index in [0.29, 0.717) is 5.56 Å². The number of carbonyl (C=O) groups excluding carboxylic acids is 1. The number of hydrogen-bond donors (Lipinski definition) is 1. The molecule has 2 aromatic rings. The summed E-state index contributed by atoms with van der Waals surface area (Å²) in [5.74, 6) is -2.19. The highest BCUT2D eigenvalue weighted by atomic mass is 16.4. The Morgan fingerprint density at radius 2 is 1.48 bits per heavy atom. The molecule has 0 aliphatic heterocycles. The maximum Gasteiger partial charge on any atom is 0.351 e. The van der Waals surface area contributed by atoms with Crippen LogP contribution >= 0.6 is 0 Å². The molecule has 0 radical (unpaired) electrons. The molecule has 0 aliphatic rings. The first kappa shape index (κ1) is 14.7. The van der Waals surface area contributed by atoms with Gasteiger partial charge in [0.15, 0.2) is 0 Å². The predicted octanol–water partition coefficient (Wildman–Crippen LogP) is 3.16. The van der Waals surface area contributed by atoms with Crippen molar-refractivity contribution in [1.29, 1.82) is 0 Å². The Hall–Kier alpha value is -2.75. The average molecular weight is 281 g/mol. The van der Waals surface area contributed by atoms with Crippen LogP contribution in [0.5, 0.6) is 0 Å². The summed E-state index contributed by atoms with van der Waals surface area (Å²) in [6, 6.07) is 17.6. The molecule has 0 bridgehead atoms. The Morgan fingerprint density at radius 1 is 0.952 bits per heavy atom. The summed E-state index contributed by atoms with van der Waals surface area (Å²) >= 11 is 0. The van der Waals surface area contributed by atoms with Gasteiger partial charge in [-0.25, -0.2) is 9.79 Å². The summed E-state index contributed by atoms with van der Waals surface area (Å²) in [5, 5.41) is 9.32. The van der Waals surface area contributed by atoms with E-state index in [0.717, 1.165) is 5.56 Å². The fourth-order valence-electron chi connectivity index (χ4n) is 1.98. The third kappa shape index (κ3) is 3.63. The van der Waals surface area contributed by atoms with Crippen LogP contribution in [0.25, 0.3) is 0 Å². The minimum Gasteiger partial charge on any atom is -0.477 e. The van der Waals surface area contributed by atoms with Crippen molar-refractivity contribution in [1.82, 2.24) is 0 Å². The molecule has 4 nitrogen and oxygen atoms in total. The van der Waals surface area contributed by atoms with Crippen LogP contribution in [-0.2, 0) is 4.79 Å². The van der Waals surface area contributed by atoms with Gasteiger partial charge < -0.3 is 5.11 Å². The second-order valence-electron chi connectivity index (χ2n) is 4.61. The molecule has 0 aliphatic carbocycles. The highest BCUT2D eigenvalue weighted by Gasteiger charge is 2.21. The number of nitrogens with zero attached hydrogens (tertiary/aromatic N) is 1. The van der Waals surface area contributed by atoms with E-state index < -0.39 is 17.8 Å². The highest BCUT2D eigenvalue weighted by Crippen LogP contribution is 2.17. The first-order valence-corrected chi connectivity index (χ1v) is 6.56. The summed E-state index contributed by atoms with van der Waals surface area (Å²) in [6.45, 7) is 1.72. The van der Waals surface area contributed by atoms with E-state index in [1.165, 1.54) is 0 Å². The van der Waals surface area contributed by atoms with E-state index in [-0.39, 0.29) is 5.71 Å². The number of hydrogen-bond acceptors (Lipinski definition) is 2. The topological polar surface area (TPSA) is 66.7 Å². The van der Waals surface area contributed by atoms with Crippen molar-refractivity contribution in [2.75, 3.05) is 0 Å². The molecule has 0 fully saturated rings. The summed E-state index contributed by atoms with van der Waals surface area (Å²) in [6.07, 6.45) is 0. The number of aliphatic carboxylic acids is 1. The van der Waals surface area contributed by atoms with Gasteiger partial charge in [0.2, 0.25) is 0 Å². The summed E-state index contributed by atoms with van der Waals surface area (Å²) in [5.41, 5.74) is 1.02.